The van der Waals surface area contributed by atoms with Gasteiger partial charge in [0.2, 0.25) is 5.13 Å². The topological polar surface area (TPSA) is 37.8 Å². The van der Waals surface area contributed by atoms with E-state index in [-0.39, 0.29) is 0 Å². The van der Waals surface area contributed by atoms with Gasteiger partial charge in [0, 0.05) is 13.0 Å². The zero-order valence-corrected chi connectivity index (χ0v) is 13.8. The van der Waals surface area contributed by atoms with Gasteiger partial charge in [-0.1, -0.05) is 37.3 Å². The van der Waals surface area contributed by atoms with Gasteiger partial charge < -0.3 is 5.32 Å². The first-order valence-electron chi connectivity index (χ1n) is 7.08. The SMILES string of the molecule is Cc1cc(C)c(CNc2nnc(CC(C)C)s2)cc1C. The fourth-order valence-electron chi connectivity index (χ4n) is 2.14. The van der Waals surface area contributed by atoms with Crippen molar-refractivity contribution in [2.75, 3.05) is 5.32 Å². The van der Waals surface area contributed by atoms with Crippen LogP contribution in [0.2, 0.25) is 0 Å². The van der Waals surface area contributed by atoms with E-state index in [9.17, 15) is 0 Å². The van der Waals surface area contributed by atoms with Crippen molar-refractivity contribution < 1.29 is 0 Å². The zero-order chi connectivity index (χ0) is 14.7. The van der Waals surface area contributed by atoms with Crippen molar-refractivity contribution in [1.82, 2.24) is 10.2 Å². The molecule has 0 saturated carbocycles. The number of nitrogens with zero attached hydrogens (tertiary/aromatic N) is 2. The summed E-state index contributed by atoms with van der Waals surface area (Å²) < 4.78 is 0. The second-order valence-electron chi connectivity index (χ2n) is 5.82. The van der Waals surface area contributed by atoms with Gasteiger partial charge in [0.15, 0.2) is 0 Å². The monoisotopic (exact) mass is 289 g/mol. The highest BCUT2D eigenvalue weighted by molar-refractivity contribution is 7.15. The number of anilines is 1. The lowest BCUT2D eigenvalue weighted by Gasteiger charge is -2.10. The number of benzene rings is 1. The Morgan fingerprint density at radius 2 is 1.75 bits per heavy atom. The van der Waals surface area contributed by atoms with Crippen molar-refractivity contribution in [3.8, 4) is 0 Å². The van der Waals surface area contributed by atoms with Crippen LogP contribution in [-0.2, 0) is 13.0 Å². The summed E-state index contributed by atoms with van der Waals surface area (Å²) in [6, 6.07) is 4.50. The second kappa shape index (κ2) is 6.35. The molecule has 2 rings (SSSR count). The van der Waals surface area contributed by atoms with Gasteiger partial charge in [0.1, 0.15) is 5.01 Å². The molecule has 1 N–H and O–H groups in total. The van der Waals surface area contributed by atoms with Crippen molar-refractivity contribution in [3.05, 3.63) is 39.4 Å². The molecule has 1 aromatic carbocycles. The highest BCUT2D eigenvalue weighted by atomic mass is 32.1. The Labute approximate surface area is 125 Å². The van der Waals surface area contributed by atoms with Gasteiger partial charge in [-0.2, -0.15) is 0 Å². The van der Waals surface area contributed by atoms with Crippen LogP contribution in [-0.4, -0.2) is 10.2 Å². The molecule has 108 valence electrons. The van der Waals surface area contributed by atoms with Crippen molar-refractivity contribution in [2.24, 2.45) is 5.92 Å². The molecule has 0 bridgehead atoms. The summed E-state index contributed by atoms with van der Waals surface area (Å²) in [5.74, 6) is 0.623. The molecule has 3 nitrogen and oxygen atoms in total. The molecule has 20 heavy (non-hydrogen) atoms. The largest absolute Gasteiger partial charge is 0.356 e. The number of rotatable bonds is 5. The van der Waals surface area contributed by atoms with Crippen LogP contribution in [0.1, 0.15) is 41.1 Å². The van der Waals surface area contributed by atoms with E-state index in [4.69, 9.17) is 0 Å². The summed E-state index contributed by atoms with van der Waals surface area (Å²) in [6.45, 7) is 11.7. The quantitative estimate of drug-likeness (QED) is 0.893. The lowest BCUT2D eigenvalue weighted by atomic mass is 10.0. The Hall–Kier alpha value is -1.42. The first-order chi connectivity index (χ1) is 9.45. The number of hydrogen-bond donors (Lipinski definition) is 1. The third-order valence-corrected chi connectivity index (χ3v) is 4.34. The van der Waals surface area contributed by atoms with Crippen LogP contribution in [0.3, 0.4) is 0 Å². The molecule has 0 fully saturated rings. The average molecular weight is 289 g/mol. The van der Waals surface area contributed by atoms with E-state index >= 15 is 0 Å². The summed E-state index contributed by atoms with van der Waals surface area (Å²) >= 11 is 1.66. The molecule has 0 unspecified atom stereocenters. The number of nitrogens with one attached hydrogen (secondary N) is 1. The molecule has 0 aliphatic carbocycles. The minimum atomic E-state index is 0.623. The zero-order valence-electron chi connectivity index (χ0n) is 12.9. The Kier molecular flexibility index (Phi) is 4.76. The number of hydrogen-bond acceptors (Lipinski definition) is 4. The Morgan fingerprint density at radius 3 is 2.45 bits per heavy atom. The van der Waals surface area contributed by atoms with Crippen LogP contribution < -0.4 is 5.32 Å². The first kappa shape index (κ1) is 15.0. The van der Waals surface area contributed by atoms with Crippen LogP contribution in [0.15, 0.2) is 12.1 Å². The minimum Gasteiger partial charge on any atom is -0.356 e. The molecular weight excluding hydrogens is 266 g/mol. The summed E-state index contributed by atoms with van der Waals surface area (Å²) in [7, 11) is 0. The Bertz CT molecular complexity index is 587. The minimum absolute atomic E-state index is 0.623. The third kappa shape index (κ3) is 3.79. The maximum Gasteiger partial charge on any atom is 0.205 e. The molecule has 1 heterocycles. The van der Waals surface area contributed by atoms with Crippen molar-refractivity contribution in [1.29, 1.82) is 0 Å². The first-order valence-corrected chi connectivity index (χ1v) is 7.90. The predicted octanol–water partition coefficient (Wildman–Crippen LogP) is 4.27. The fourth-order valence-corrected chi connectivity index (χ4v) is 3.09. The standard InChI is InChI=1S/C16H23N3S/c1-10(2)6-15-18-19-16(20-15)17-9-14-8-12(4)11(3)7-13(14)5/h7-8,10H,6,9H2,1-5H3,(H,17,19). The van der Waals surface area contributed by atoms with Gasteiger partial charge in [0.25, 0.3) is 0 Å². The van der Waals surface area contributed by atoms with Crippen LogP contribution >= 0.6 is 11.3 Å². The average Bonchev–Trinajstić information content (AvgIpc) is 2.79. The lowest BCUT2D eigenvalue weighted by Crippen LogP contribution is -2.02. The second-order valence-corrected chi connectivity index (χ2v) is 6.88. The van der Waals surface area contributed by atoms with Gasteiger partial charge in [-0.15, -0.1) is 10.2 Å². The predicted molar refractivity (Wildman–Crippen MR) is 86.4 cm³/mol. The normalized spacial score (nSPS) is 11.1. The molecule has 0 radical (unpaired) electrons. The molecular formula is C16H23N3S. The molecule has 0 saturated heterocycles. The Balaban J connectivity index is 2.02. The van der Waals surface area contributed by atoms with Crippen molar-refractivity contribution in [2.45, 2.75) is 47.6 Å². The smallest absolute Gasteiger partial charge is 0.205 e. The Morgan fingerprint density at radius 1 is 1.05 bits per heavy atom. The molecule has 0 atom stereocenters. The molecule has 0 spiro atoms. The summed E-state index contributed by atoms with van der Waals surface area (Å²) in [5.41, 5.74) is 5.34. The highest BCUT2D eigenvalue weighted by Crippen LogP contribution is 2.21. The van der Waals surface area contributed by atoms with Gasteiger partial charge in [-0.3, -0.25) is 0 Å². The van der Waals surface area contributed by atoms with Gasteiger partial charge >= 0.3 is 0 Å². The van der Waals surface area contributed by atoms with Crippen LogP contribution in [0.5, 0.6) is 0 Å². The van der Waals surface area contributed by atoms with E-state index < -0.39 is 0 Å². The summed E-state index contributed by atoms with van der Waals surface area (Å²) in [5, 5.41) is 13.9. The van der Waals surface area contributed by atoms with Gasteiger partial charge in [-0.05, 0) is 48.9 Å². The van der Waals surface area contributed by atoms with Gasteiger partial charge in [0.05, 0.1) is 0 Å². The van der Waals surface area contributed by atoms with E-state index in [1.165, 1.54) is 22.3 Å². The van der Waals surface area contributed by atoms with E-state index in [2.05, 4.69) is 62.3 Å². The van der Waals surface area contributed by atoms with Crippen LogP contribution in [0.4, 0.5) is 5.13 Å². The number of aromatic nitrogens is 2. The van der Waals surface area contributed by atoms with E-state index in [1.54, 1.807) is 11.3 Å². The molecule has 0 aliphatic rings. The third-order valence-electron chi connectivity index (χ3n) is 3.43. The van der Waals surface area contributed by atoms with E-state index in [1.807, 2.05) is 0 Å². The lowest BCUT2D eigenvalue weighted by molar-refractivity contribution is 0.640. The molecule has 2 aromatic rings. The maximum absolute atomic E-state index is 4.23. The maximum atomic E-state index is 4.23. The van der Waals surface area contributed by atoms with E-state index in [0.717, 1.165) is 23.1 Å². The molecule has 1 aromatic heterocycles. The fraction of sp³-hybridized carbons (Fsp3) is 0.500. The molecule has 0 aliphatic heterocycles. The van der Waals surface area contributed by atoms with Crippen LogP contribution in [0.25, 0.3) is 0 Å². The highest BCUT2D eigenvalue weighted by Gasteiger charge is 2.07. The summed E-state index contributed by atoms with van der Waals surface area (Å²) in [6.07, 6.45) is 1.00. The molecule has 0 amide bonds. The van der Waals surface area contributed by atoms with Gasteiger partial charge in [-0.25, -0.2) is 0 Å². The molecule has 4 heteroatoms. The number of aryl methyl sites for hydroxylation is 3. The summed E-state index contributed by atoms with van der Waals surface area (Å²) in [4.78, 5) is 0. The van der Waals surface area contributed by atoms with E-state index in [0.29, 0.717) is 5.92 Å². The van der Waals surface area contributed by atoms with Crippen LogP contribution in [0, 0.1) is 26.7 Å². The van der Waals surface area contributed by atoms with Crippen molar-refractivity contribution >= 4 is 16.5 Å². The van der Waals surface area contributed by atoms with Crippen molar-refractivity contribution in [3.63, 3.8) is 0 Å².